The van der Waals surface area contributed by atoms with Gasteiger partial charge in [0.1, 0.15) is 0 Å². The van der Waals surface area contributed by atoms with Crippen LogP contribution in [0.5, 0.6) is 0 Å². The van der Waals surface area contributed by atoms with Gasteiger partial charge < -0.3 is 16.4 Å². The normalized spacial score (nSPS) is 13.9. The van der Waals surface area contributed by atoms with E-state index in [0.29, 0.717) is 6.42 Å². The molecule has 0 fully saturated rings. The molecule has 19 heavy (non-hydrogen) atoms. The highest BCUT2D eigenvalue weighted by atomic mass is 16.1. The average Bonchev–Trinajstić information content (AvgIpc) is 2.34. The molecule has 0 aliphatic rings. The van der Waals surface area contributed by atoms with Gasteiger partial charge in [0.2, 0.25) is 5.91 Å². The molecule has 0 radical (unpaired) electrons. The number of aryl methyl sites for hydroxylation is 1. The molecule has 0 aliphatic heterocycles. The number of nitrogens with two attached hydrogens (primary N) is 2. The molecule has 0 bridgehead atoms. The van der Waals surface area contributed by atoms with Crippen LogP contribution >= 0.6 is 0 Å². The van der Waals surface area contributed by atoms with Crippen LogP contribution in [0.3, 0.4) is 0 Å². The minimum atomic E-state index is -0.888. The standard InChI is InChI=1S/C15H25N3O/c1-12-8-4-5-9-13(12)18(3)11-7-6-10-15(2,17)14(16)19/h4-5,8-9H,6-7,10-11,17H2,1-3H3,(H2,16,19). The van der Waals surface area contributed by atoms with Crippen molar-refractivity contribution >= 4 is 11.6 Å². The Hall–Kier alpha value is -1.55. The maximum absolute atomic E-state index is 11.1. The van der Waals surface area contributed by atoms with Gasteiger partial charge in [0.25, 0.3) is 0 Å². The minimum Gasteiger partial charge on any atom is -0.374 e. The van der Waals surface area contributed by atoms with Gasteiger partial charge in [-0.1, -0.05) is 18.2 Å². The second-order valence-corrected chi connectivity index (χ2v) is 5.45. The Morgan fingerprint density at radius 1 is 1.32 bits per heavy atom. The smallest absolute Gasteiger partial charge is 0.237 e. The number of hydrogen-bond donors (Lipinski definition) is 2. The number of unbranched alkanes of at least 4 members (excludes halogenated alkanes) is 1. The van der Waals surface area contributed by atoms with E-state index in [4.69, 9.17) is 11.5 Å². The number of carbonyl (C=O) groups is 1. The van der Waals surface area contributed by atoms with Crippen LogP contribution in [0.2, 0.25) is 0 Å². The van der Waals surface area contributed by atoms with E-state index in [1.165, 1.54) is 11.3 Å². The molecule has 1 unspecified atom stereocenters. The number of benzene rings is 1. The van der Waals surface area contributed by atoms with Gasteiger partial charge in [-0.2, -0.15) is 0 Å². The van der Waals surface area contributed by atoms with Crippen molar-refractivity contribution in [2.45, 2.75) is 38.6 Å². The first-order valence-corrected chi connectivity index (χ1v) is 6.70. The lowest BCUT2D eigenvalue weighted by molar-refractivity contribution is -0.122. The number of primary amides is 1. The number of para-hydroxylation sites is 1. The summed E-state index contributed by atoms with van der Waals surface area (Å²) in [6, 6.07) is 8.31. The molecule has 1 amide bonds. The molecule has 1 aromatic rings. The summed E-state index contributed by atoms with van der Waals surface area (Å²) in [5.41, 5.74) is 12.7. The van der Waals surface area contributed by atoms with Crippen molar-refractivity contribution in [1.29, 1.82) is 0 Å². The predicted molar refractivity (Wildman–Crippen MR) is 80.1 cm³/mol. The second-order valence-electron chi connectivity index (χ2n) is 5.45. The van der Waals surface area contributed by atoms with Gasteiger partial charge in [0.15, 0.2) is 0 Å². The quantitative estimate of drug-likeness (QED) is 0.737. The maximum Gasteiger partial charge on any atom is 0.237 e. The van der Waals surface area contributed by atoms with E-state index in [0.717, 1.165) is 19.4 Å². The van der Waals surface area contributed by atoms with Crippen molar-refractivity contribution < 1.29 is 4.79 Å². The second kappa shape index (κ2) is 6.57. The Balaban J connectivity index is 2.38. The van der Waals surface area contributed by atoms with E-state index in [1.807, 2.05) is 12.1 Å². The Morgan fingerprint density at radius 3 is 2.53 bits per heavy atom. The molecule has 4 heteroatoms. The third-order valence-electron chi connectivity index (χ3n) is 3.53. The van der Waals surface area contributed by atoms with E-state index in [2.05, 4.69) is 31.0 Å². The first-order chi connectivity index (χ1) is 8.84. The summed E-state index contributed by atoms with van der Waals surface area (Å²) in [5, 5.41) is 0. The van der Waals surface area contributed by atoms with Gasteiger partial charge in [-0.3, -0.25) is 4.79 Å². The number of amides is 1. The van der Waals surface area contributed by atoms with Gasteiger partial charge in [-0.25, -0.2) is 0 Å². The minimum absolute atomic E-state index is 0.431. The zero-order valence-corrected chi connectivity index (χ0v) is 12.1. The molecule has 0 heterocycles. The number of nitrogens with zero attached hydrogens (tertiary/aromatic N) is 1. The molecule has 0 saturated heterocycles. The average molecular weight is 263 g/mol. The van der Waals surface area contributed by atoms with E-state index in [-0.39, 0.29) is 0 Å². The summed E-state index contributed by atoms with van der Waals surface area (Å²) in [5.74, 6) is -0.431. The molecule has 1 rings (SSSR count). The molecule has 0 spiro atoms. The topological polar surface area (TPSA) is 72.3 Å². The molecule has 0 saturated carbocycles. The molecule has 0 aliphatic carbocycles. The molecule has 0 aromatic heterocycles. The van der Waals surface area contributed by atoms with Crippen molar-refractivity contribution in [3.8, 4) is 0 Å². The van der Waals surface area contributed by atoms with Crippen molar-refractivity contribution in [3.63, 3.8) is 0 Å². The summed E-state index contributed by atoms with van der Waals surface area (Å²) in [4.78, 5) is 13.3. The zero-order valence-electron chi connectivity index (χ0n) is 12.1. The number of carbonyl (C=O) groups excluding carboxylic acids is 1. The summed E-state index contributed by atoms with van der Waals surface area (Å²) in [6.07, 6.45) is 2.51. The SMILES string of the molecule is Cc1ccccc1N(C)CCCCC(C)(N)C(N)=O. The Bertz CT molecular complexity index is 429. The largest absolute Gasteiger partial charge is 0.374 e. The van der Waals surface area contributed by atoms with Crippen molar-refractivity contribution in [3.05, 3.63) is 29.8 Å². The number of anilines is 1. The summed E-state index contributed by atoms with van der Waals surface area (Å²) in [6.45, 7) is 4.75. The van der Waals surface area contributed by atoms with Crippen LogP contribution in [0.15, 0.2) is 24.3 Å². The highest BCUT2D eigenvalue weighted by molar-refractivity contribution is 5.83. The van der Waals surface area contributed by atoms with E-state index < -0.39 is 11.4 Å². The highest BCUT2D eigenvalue weighted by Gasteiger charge is 2.24. The Morgan fingerprint density at radius 2 is 1.95 bits per heavy atom. The summed E-state index contributed by atoms with van der Waals surface area (Å²) >= 11 is 0. The maximum atomic E-state index is 11.1. The van der Waals surface area contributed by atoms with Crippen LogP contribution in [-0.4, -0.2) is 25.0 Å². The van der Waals surface area contributed by atoms with Gasteiger partial charge in [0.05, 0.1) is 5.54 Å². The van der Waals surface area contributed by atoms with Crippen molar-refractivity contribution in [1.82, 2.24) is 0 Å². The Kier molecular flexibility index (Phi) is 5.36. The van der Waals surface area contributed by atoms with Crippen LogP contribution in [0.1, 0.15) is 31.7 Å². The Labute approximate surface area is 115 Å². The molecular weight excluding hydrogens is 238 g/mol. The third-order valence-corrected chi connectivity index (χ3v) is 3.53. The fraction of sp³-hybridized carbons (Fsp3) is 0.533. The monoisotopic (exact) mass is 263 g/mol. The van der Waals surface area contributed by atoms with Gasteiger partial charge >= 0.3 is 0 Å². The molecule has 4 N–H and O–H groups in total. The van der Waals surface area contributed by atoms with E-state index >= 15 is 0 Å². The highest BCUT2D eigenvalue weighted by Crippen LogP contribution is 2.18. The molecule has 4 nitrogen and oxygen atoms in total. The first kappa shape index (κ1) is 15.5. The third kappa shape index (κ3) is 4.56. The lowest BCUT2D eigenvalue weighted by atomic mass is 9.95. The van der Waals surface area contributed by atoms with Gasteiger partial charge in [0, 0.05) is 19.3 Å². The zero-order chi connectivity index (χ0) is 14.5. The molecule has 106 valence electrons. The van der Waals surface area contributed by atoms with Gasteiger partial charge in [-0.05, 0) is 44.7 Å². The fourth-order valence-electron chi connectivity index (χ4n) is 2.08. The molecule has 1 atom stereocenters. The van der Waals surface area contributed by atoms with E-state index in [1.54, 1.807) is 6.92 Å². The number of rotatable bonds is 7. The van der Waals surface area contributed by atoms with Crippen LogP contribution < -0.4 is 16.4 Å². The molecule has 1 aromatic carbocycles. The fourth-order valence-corrected chi connectivity index (χ4v) is 2.08. The van der Waals surface area contributed by atoms with Crippen LogP contribution in [0.4, 0.5) is 5.69 Å². The lowest BCUT2D eigenvalue weighted by Gasteiger charge is -2.23. The van der Waals surface area contributed by atoms with Crippen LogP contribution in [0.25, 0.3) is 0 Å². The van der Waals surface area contributed by atoms with Gasteiger partial charge in [-0.15, -0.1) is 0 Å². The summed E-state index contributed by atoms with van der Waals surface area (Å²) < 4.78 is 0. The molecular formula is C15H25N3O. The van der Waals surface area contributed by atoms with Crippen molar-refractivity contribution in [2.24, 2.45) is 11.5 Å². The summed E-state index contributed by atoms with van der Waals surface area (Å²) in [7, 11) is 2.08. The van der Waals surface area contributed by atoms with Crippen LogP contribution in [0, 0.1) is 6.92 Å². The van der Waals surface area contributed by atoms with Crippen molar-refractivity contribution in [2.75, 3.05) is 18.5 Å². The van der Waals surface area contributed by atoms with Crippen LogP contribution in [-0.2, 0) is 4.79 Å². The lowest BCUT2D eigenvalue weighted by Crippen LogP contribution is -2.49. The van der Waals surface area contributed by atoms with E-state index in [9.17, 15) is 4.79 Å². The number of hydrogen-bond acceptors (Lipinski definition) is 3. The predicted octanol–water partition coefficient (Wildman–Crippen LogP) is 1.80. The first-order valence-electron chi connectivity index (χ1n) is 6.70.